The van der Waals surface area contributed by atoms with Gasteiger partial charge in [0, 0.05) is 0 Å². The van der Waals surface area contributed by atoms with Crippen molar-refractivity contribution in [1.82, 2.24) is 0 Å². The first kappa shape index (κ1) is 9.61. The van der Waals surface area contributed by atoms with Gasteiger partial charge in [-0.3, -0.25) is 0 Å². The molecule has 0 atom stereocenters. The van der Waals surface area contributed by atoms with Crippen molar-refractivity contribution in [3.63, 3.8) is 0 Å². The predicted molar refractivity (Wildman–Crippen MR) is 47.4 cm³/mol. The third-order valence-corrected chi connectivity index (χ3v) is 2.00. The number of rotatable bonds is 3. The van der Waals surface area contributed by atoms with Crippen LogP contribution in [0, 0.1) is 0 Å². The van der Waals surface area contributed by atoms with Crippen LogP contribution in [0.2, 0.25) is 0 Å². The number of hydrogen-bond donors (Lipinski definition) is 0. The maximum Gasteiger partial charge on any atom is 0.713 e. The van der Waals surface area contributed by atoms with Crippen LogP contribution in [0.4, 0.5) is 0 Å². The molecule has 1 rings (SSSR count). The van der Waals surface area contributed by atoms with Gasteiger partial charge in [0.1, 0.15) is 0 Å². The van der Waals surface area contributed by atoms with Crippen LogP contribution in [-0.2, 0) is 14.0 Å². The normalized spacial score (nSPS) is 19.4. The van der Waals surface area contributed by atoms with E-state index in [-0.39, 0.29) is 0 Å². The quantitative estimate of drug-likeness (QED) is 0.476. The molecule has 0 amide bonds. The van der Waals surface area contributed by atoms with Gasteiger partial charge in [0.25, 0.3) is 0 Å². The molecule has 0 saturated carbocycles. The maximum absolute atomic E-state index is 5.40. The summed E-state index contributed by atoms with van der Waals surface area (Å²) in [6.45, 7) is 7.33. The Labute approximate surface area is 73.9 Å². The molecule has 1 aliphatic heterocycles. The molecule has 0 aromatic heterocycles. The van der Waals surface area contributed by atoms with Crippen molar-refractivity contribution in [2.24, 2.45) is 0 Å². The lowest BCUT2D eigenvalue weighted by Gasteiger charge is -2.10. The van der Waals surface area contributed by atoms with Crippen LogP contribution in [0.3, 0.4) is 0 Å². The van der Waals surface area contributed by atoms with Gasteiger partial charge in [-0.15, -0.1) is 0 Å². The van der Waals surface area contributed by atoms with Gasteiger partial charge in [-0.1, -0.05) is 6.92 Å². The maximum atomic E-state index is 5.40. The average Bonchev–Trinajstić information content (AvgIpc) is 2.55. The van der Waals surface area contributed by atoms with Crippen LogP contribution in [0.1, 0.15) is 27.2 Å². The molecule has 3 nitrogen and oxygen atoms in total. The van der Waals surface area contributed by atoms with E-state index in [1.54, 1.807) is 0 Å². The lowest BCUT2D eigenvalue weighted by atomic mass is 10.2. The zero-order valence-electron chi connectivity index (χ0n) is 7.92. The summed E-state index contributed by atoms with van der Waals surface area (Å²) in [6, 6.07) is 0. The van der Waals surface area contributed by atoms with Crippen LogP contribution >= 0.6 is 0 Å². The Kier molecular flexibility index (Phi) is 3.63. The Hall–Kier alpha value is -0.475. The molecule has 68 valence electrons. The Morgan fingerprint density at radius 2 is 1.92 bits per heavy atom. The highest BCUT2D eigenvalue weighted by atomic mass is 16.8. The van der Waals surface area contributed by atoms with Gasteiger partial charge in [-0.25, -0.2) is 0 Å². The zero-order chi connectivity index (χ0) is 8.97. The van der Waals surface area contributed by atoms with E-state index < -0.39 is 7.32 Å². The number of allylic oxidation sites excluding steroid dienone is 2. The molecule has 0 aromatic rings. The predicted octanol–water partition coefficient (Wildman–Crippen LogP) is 1.74. The van der Waals surface area contributed by atoms with E-state index >= 15 is 0 Å². The first-order chi connectivity index (χ1) is 5.74. The van der Waals surface area contributed by atoms with Crippen molar-refractivity contribution in [3.05, 3.63) is 11.3 Å². The molecule has 4 heteroatoms. The van der Waals surface area contributed by atoms with Crippen molar-refractivity contribution < 1.29 is 14.0 Å². The van der Waals surface area contributed by atoms with Crippen molar-refractivity contribution in [2.75, 3.05) is 13.2 Å². The van der Waals surface area contributed by atoms with Crippen LogP contribution < -0.4 is 0 Å². The molecule has 0 N–H and O–H groups in total. The minimum atomic E-state index is -0.480. The molecule has 0 unspecified atom stereocenters. The van der Waals surface area contributed by atoms with E-state index in [0.717, 1.165) is 12.2 Å². The third kappa shape index (κ3) is 2.53. The first-order valence-electron chi connectivity index (χ1n) is 4.30. The van der Waals surface area contributed by atoms with Crippen molar-refractivity contribution >= 4 is 7.32 Å². The third-order valence-electron chi connectivity index (χ3n) is 2.00. The zero-order valence-corrected chi connectivity index (χ0v) is 7.92. The average molecular weight is 170 g/mol. The second kappa shape index (κ2) is 4.53. The molecule has 1 fully saturated rings. The number of hydrogen-bond acceptors (Lipinski definition) is 3. The van der Waals surface area contributed by atoms with Gasteiger partial charge in [0.15, 0.2) is 0 Å². The Bertz CT molecular complexity index is 173. The molecular formula is C8H15BO3. The van der Waals surface area contributed by atoms with E-state index in [1.165, 1.54) is 5.57 Å². The fraction of sp³-hybridized carbons (Fsp3) is 0.750. The SMILES string of the molecule is CC/C(C)=C(/C)OB1OCCO1. The van der Waals surface area contributed by atoms with Crippen molar-refractivity contribution in [2.45, 2.75) is 27.2 Å². The summed E-state index contributed by atoms with van der Waals surface area (Å²) in [4.78, 5) is 0. The monoisotopic (exact) mass is 170 g/mol. The Morgan fingerprint density at radius 1 is 1.33 bits per heavy atom. The summed E-state index contributed by atoms with van der Waals surface area (Å²) in [6.07, 6.45) is 0.999. The topological polar surface area (TPSA) is 27.7 Å². The first-order valence-corrected chi connectivity index (χ1v) is 4.30. The molecule has 0 bridgehead atoms. The molecule has 0 aromatic carbocycles. The lowest BCUT2D eigenvalue weighted by molar-refractivity contribution is 0.224. The fourth-order valence-electron chi connectivity index (χ4n) is 0.899. The standard InChI is InChI=1S/C8H15BO3/c1-4-7(2)8(3)12-9-10-5-6-11-9/h4-6H2,1-3H3/b8-7-. The van der Waals surface area contributed by atoms with E-state index in [2.05, 4.69) is 6.92 Å². The largest absolute Gasteiger partial charge is 0.713 e. The molecule has 1 saturated heterocycles. The van der Waals surface area contributed by atoms with Crippen LogP contribution in [-0.4, -0.2) is 20.5 Å². The van der Waals surface area contributed by atoms with E-state index in [4.69, 9.17) is 14.0 Å². The summed E-state index contributed by atoms with van der Waals surface area (Å²) < 4.78 is 15.7. The highest BCUT2D eigenvalue weighted by Gasteiger charge is 2.29. The summed E-state index contributed by atoms with van der Waals surface area (Å²) in [5, 5.41) is 0. The highest BCUT2D eigenvalue weighted by molar-refractivity contribution is 6.37. The summed E-state index contributed by atoms with van der Waals surface area (Å²) in [5.74, 6) is 0.907. The summed E-state index contributed by atoms with van der Waals surface area (Å²) in [5.41, 5.74) is 1.23. The summed E-state index contributed by atoms with van der Waals surface area (Å²) >= 11 is 0. The minimum Gasteiger partial charge on any atom is -0.516 e. The summed E-state index contributed by atoms with van der Waals surface area (Å²) in [7, 11) is -0.480. The molecule has 12 heavy (non-hydrogen) atoms. The minimum absolute atomic E-state index is 0.480. The van der Waals surface area contributed by atoms with Gasteiger partial charge in [0.05, 0.1) is 19.0 Å². The van der Waals surface area contributed by atoms with Gasteiger partial charge in [-0.05, 0) is 25.8 Å². The molecular weight excluding hydrogens is 155 g/mol. The van der Waals surface area contributed by atoms with E-state index in [9.17, 15) is 0 Å². The van der Waals surface area contributed by atoms with Gasteiger partial charge in [0.2, 0.25) is 0 Å². The molecule has 1 aliphatic rings. The van der Waals surface area contributed by atoms with Crippen LogP contribution in [0.15, 0.2) is 11.3 Å². The second-order valence-corrected chi connectivity index (χ2v) is 2.84. The fourth-order valence-corrected chi connectivity index (χ4v) is 0.899. The van der Waals surface area contributed by atoms with Crippen molar-refractivity contribution in [1.29, 1.82) is 0 Å². The molecule has 0 radical (unpaired) electrons. The Balaban J connectivity index is 2.38. The highest BCUT2D eigenvalue weighted by Crippen LogP contribution is 2.12. The van der Waals surface area contributed by atoms with Gasteiger partial charge >= 0.3 is 7.32 Å². The van der Waals surface area contributed by atoms with Gasteiger partial charge < -0.3 is 14.0 Å². The lowest BCUT2D eigenvalue weighted by Crippen LogP contribution is -2.18. The van der Waals surface area contributed by atoms with Gasteiger partial charge in [-0.2, -0.15) is 0 Å². The smallest absolute Gasteiger partial charge is 0.516 e. The molecule has 1 heterocycles. The molecule has 0 spiro atoms. The van der Waals surface area contributed by atoms with E-state index in [0.29, 0.717) is 13.2 Å². The van der Waals surface area contributed by atoms with E-state index in [1.807, 2.05) is 13.8 Å². The Morgan fingerprint density at radius 3 is 2.42 bits per heavy atom. The van der Waals surface area contributed by atoms with Crippen molar-refractivity contribution in [3.8, 4) is 0 Å². The second-order valence-electron chi connectivity index (χ2n) is 2.84. The van der Waals surface area contributed by atoms with Crippen LogP contribution in [0.25, 0.3) is 0 Å². The molecule has 0 aliphatic carbocycles. The van der Waals surface area contributed by atoms with Crippen LogP contribution in [0.5, 0.6) is 0 Å².